The van der Waals surface area contributed by atoms with Gasteiger partial charge in [0.2, 0.25) is 5.82 Å². The summed E-state index contributed by atoms with van der Waals surface area (Å²) in [6, 6.07) is 13.7. The molecule has 0 amide bonds. The van der Waals surface area contributed by atoms with E-state index in [9.17, 15) is 0 Å². The maximum atomic E-state index is 9.14. The van der Waals surface area contributed by atoms with Gasteiger partial charge >= 0.3 is 0 Å². The number of hydrogen-bond donors (Lipinski definition) is 2. The van der Waals surface area contributed by atoms with Crippen LogP contribution in [0.2, 0.25) is 0 Å². The average molecular weight is 315 g/mol. The Morgan fingerprint density at radius 2 is 1.96 bits per heavy atom. The Labute approximate surface area is 138 Å². The molecule has 7 nitrogen and oxygen atoms in total. The number of aromatic nitrogens is 5. The normalized spacial score (nSPS) is 11.4. The number of nitriles is 1. The standard InChI is InChI=1S/C17H13N7/c18-11-15(17-21-23-24-22-17)12-20-16-3-1-2-14(10-16)5-4-13-6-8-19-9-7-13/h1-10,12,20H,(H,21,22,23,24). The molecule has 0 aliphatic rings. The van der Waals surface area contributed by atoms with Crippen molar-refractivity contribution in [1.29, 1.82) is 5.26 Å². The highest BCUT2D eigenvalue weighted by Crippen LogP contribution is 2.15. The lowest BCUT2D eigenvalue weighted by Crippen LogP contribution is -1.93. The second-order valence-corrected chi connectivity index (χ2v) is 4.79. The lowest BCUT2D eigenvalue weighted by atomic mass is 10.1. The first-order chi connectivity index (χ1) is 11.8. The lowest BCUT2D eigenvalue weighted by molar-refractivity contribution is 0.881. The minimum absolute atomic E-state index is 0.249. The quantitative estimate of drug-likeness (QED) is 0.702. The number of allylic oxidation sites excluding steroid dienone is 1. The van der Waals surface area contributed by atoms with Gasteiger partial charge in [-0.3, -0.25) is 4.98 Å². The van der Waals surface area contributed by atoms with Crippen molar-refractivity contribution in [2.24, 2.45) is 0 Å². The third kappa shape index (κ3) is 3.90. The van der Waals surface area contributed by atoms with Crippen LogP contribution in [0.3, 0.4) is 0 Å². The maximum absolute atomic E-state index is 9.14. The zero-order chi connectivity index (χ0) is 16.6. The van der Waals surface area contributed by atoms with Crippen LogP contribution in [0.5, 0.6) is 0 Å². The van der Waals surface area contributed by atoms with E-state index in [1.54, 1.807) is 18.6 Å². The summed E-state index contributed by atoms with van der Waals surface area (Å²) in [5.74, 6) is 0.249. The first kappa shape index (κ1) is 15.1. The van der Waals surface area contributed by atoms with E-state index in [1.165, 1.54) is 0 Å². The Balaban J connectivity index is 1.74. The number of anilines is 1. The number of benzene rings is 1. The van der Waals surface area contributed by atoms with Crippen molar-refractivity contribution >= 4 is 23.4 Å². The van der Waals surface area contributed by atoms with E-state index in [4.69, 9.17) is 5.26 Å². The first-order valence-electron chi connectivity index (χ1n) is 7.14. The van der Waals surface area contributed by atoms with Gasteiger partial charge in [0.15, 0.2) is 0 Å². The summed E-state index contributed by atoms with van der Waals surface area (Å²) in [5, 5.41) is 25.6. The van der Waals surface area contributed by atoms with Crippen molar-refractivity contribution in [2.75, 3.05) is 5.32 Å². The molecule has 0 saturated carbocycles. The van der Waals surface area contributed by atoms with Crippen LogP contribution in [0.25, 0.3) is 17.7 Å². The van der Waals surface area contributed by atoms with Crippen molar-refractivity contribution in [3.8, 4) is 6.07 Å². The van der Waals surface area contributed by atoms with Gasteiger partial charge in [0, 0.05) is 24.3 Å². The molecule has 116 valence electrons. The van der Waals surface area contributed by atoms with Gasteiger partial charge < -0.3 is 5.32 Å². The largest absolute Gasteiger partial charge is 0.360 e. The zero-order valence-electron chi connectivity index (χ0n) is 12.6. The molecule has 0 atom stereocenters. The summed E-state index contributed by atoms with van der Waals surface area (Å²) in [7, 11) is 0. The van der Waals surface area contributed by atoms with E-state index in [1.807, 2.05) is 54.6 Å². The van der Waals surface area contributed by atoms with Gasteiger partial charge in [-0.05, 0) is 40.6 Å². The van der Waals surface area contributed by atoms with Gasteiger partial charge in [-0.15, -0.1) is 10.2 Å². The molecule has 0 aliphatic heterocycles. The molecule has 0 radical (unpaired) electrons. The predicted molar refractivity (Wildman–Crippen MR) is 91.0 cm³/mol. The smallest absolute Gasteiger partial charge is 0.216 e. The fraction of sp³-hybridized carbons (Fsp3) is 0. The van der Waals surface area contributed by atoms with Crippen LogP contribution in [-0.4, -0.2) is 25.6 Å². The third-order valence-electron chi connectivity index (χ3n) is 3.15. The maximum Gasteiger partial charge on any atom is 0.216 e. The highest BCUT2D eigenvalue weighted by molar-refractivity contribution is 5.75. The van der Waals surface area contributed by atoms with Gasteiger partial charge in [-0.25, -0.2) is 0 Å². The number of nitrogens with zero attached hydrogens (tertiary/aromatic N) is 5. The van der Waals surface area contributed by atoms with Crippen molar-refractivity contribution in [3.63, 3.8) is 0 Å². The molecule has 3 rings (SSSR count). The molecule has 24 heavy (non-hydrogen) atoms. The van der Waals surface area contributed by atoms with E-state index >= 15 is 0 Å². The molecule has 0 spiro atoms. The molecule has 0 aliphatic carbocycles. The molecule has 3 aromatic rings. The highest BCUT2D eigenvalue weighted by Gasteiger charge is 2.05. The lowest BCUT2D eigenvalue weighted by Gasteiger charge is -2.02. The van der Waals surface area contributed by atoms with Gasteiger partial charge in [-0.1, -0.05) is 24.3 Å². The number of aromatic amines is 1. The Bertz CT molecular complexity index is 890. The second-order valence-electron chi connectivity index (χ2n) is 4.79. The van der Waals surface area contributed by atoms with Crippen molar-refractivity contribution in [3.05, 3.63) is 71.9 Å². The minimum Gasteiger partial charge on any atom is -0.360 e. The first-order valence-corrected chi connectivity index (χ1v) is 7.14. The molecule has 2 aromatic heterocycles. The summed E-state index contributed by atoms with van der Waals surface area (Å²) in [5.41, 5.74) is 3.25. The van der Waals surface area contributed by atoms with Crippen molar-refractivity contribution < 1.29 is 0 Å². The predicted octanol–water partition coefficient (Wildman–Crippen LogP) is 2.74. The van der Waals surface area contributed by atoms with E-state index in [0.29, 0.717) is 5.57 Å². The topological polar surface area (TPSA) is 103 Å². The Kier molecular flexibility index (Phi) is 4.70. The Morgan fingerprint density at radius 1 is 1.12 bits per heavy atom. The van der Waals surface area contributed by atoms with E-state index in [-0.39, 0.29) is 5.82 Å². The van der Waals surface area contributed by atoms with Crippen LogP contribution in [0.4, 0.5) is 5.69 Å². The third-order valence-corrected chi connectivity index (χ3v) is 3.15. The van der Waals surface area contributed by atoms with Gasteiger partial charge in [-0.2, -0.15) is 10.5 Å². The van der Waals surface area contributed by atoms with E-state index in [2.05, 4.69) is 30.9 Å². The average Bonchev–Trinajstić information content (AvgIpc) is 3.16. The summed E-state index contributed by atoms with van der Waals surface area (Å²) in [6.07, 6.45) is 9.08. The van der Waals surface area contributed by atoms with E-state index < -0.39 is 0 Å². The molecule has 0 saturated heterocycles. The molecule has 2 N–H and O–H groups in total. The summed E-state index contributed by atoms with van der Waals surface area (Å²) >= 11 is 0. The van der Waals surface area contributed by atoms with Crippen molar-refractivity contribution in [2.45, 2.75) is 0 Å². The Hall–Kier alpha value is -3.79. The molecule has 7 heteroatoms. The number of tetrazole rings is 1. The fourth-order valence-electron chi connectivity index (χ4n) is 1.98. The number of pyridine rings is 1. The van der Waals surface area contributed by atoms with Crippen LogP contribution in [0, 0.1) is 11.3 Å². The SMILES string of the molecule is N#CC(=CNc1cccc(C=Cc2ccncc2)c1)c1nn[nH]n1. The number of nitrogens with one attached hydrogen (secondary N) is 2. The summed E-state index contributed by atoms with van der Waals surface area (Å²) in [4.78, 5) is 3.99. The fourth-order valence-corrected chi connectivity index (χ4v) is 1.98. The molecule has 0 bridgehead atoms. The minimum atomic E-state index is 0.249. The summed E-state index contributed by atoms with van der Waals surface area (Å²) in [6.45, 7) is 0. The van der Waals surface area contributed by atoms with Crippen LogP contribution < -0.4 is 5.32 Å². The summed E-state index contributed by atoms with van der Waals surface area (Å²) < 4.78 is 0. The molecular weight excluding hydrogens is 302 g/mol. The molecule has 2 heterocycles. The molecular formula is C17H13N7. The number of hydrogen-bond acceptors (Lipinski definition) is 6. The molecule has 0 unspecified atom stereocenters. The van der Waals surface area contributed by atoms with Crippen molar-refractivity contribution in [1.82, 2.24) is 25.6 Å². The zero-order valence-corrected chi connectivity index (χ0v) is 12.6. The van der Waals surface area contributed by atoms with Gasteiger partial charge in [0.1, 0.15) is 11.6 Å². The van der Waals surface area contributed by atoms with Crippen LogP contribution in [-0.2, 0) is 0 Å². The second kappa shape index (κ2) is 7.47. The van der Waals surface area contributed by atoms with Gasteiger partial charge in [0.25, 0.3) is 0 Å². The van der Waals surface area contributed by atoms with E-state index in [0.717, 1.165) is 16.8 Å². The van der Waals surface area contributed by atoms with Crippen LogP contribution in [0.15, 0.2) is 55.0 Å². The van der Waals surface area contributed by atoms with Gasteiger partial charge in [0.05, 0.1) is 0 Å². The Morgan fingerprint density at radius 3 is 2.71 bits per heavy atom. The van der Waals surface area contributed by atoms with Crippen LogP contribution >= 0.6 is 0 Å². The van der Waals surface area contributed by atoms with Crippen LogP contribution in [0.1, 0.15) is 17.0 Å². The molecule has 0 fully saturated rings. The monoisotopic (exact) mass is 315 g/mol. The number of rotatable bonds is 5. The molecule has 1 aromatic carbocycles. The highest BCUT2D eigenvalue weighted by atomic mass is 15.5. The number of H-pyrrole nitrogens is 1.